The third-order valence-corrected chi connectivity index (χ3v) is 2.51. The fourth-order valence-electron chi connectivity index (χ4n) is 1.81. The van der Waals surface area contributed by atoms with Gasteiger partial charge in [0.1, 0.15) is 0 Å². The van der Waals surface area contributed by atoms with Gasteiger partial charge in [-0.3, -0.25) is 4.79 Å². The Balaban J connectivity index is 2.09. The average Bonchev–Trinajstić information content (AvgIpc) is 2.67. The molecule has 4 heteroatoms. The summed E-state index contributed by atoms with van der Waals surface area (Å²) in [7, 11) is 0. The van der Waals surface area contributed by atoms with E-state index in [0.717, 1.165) is 12.8 Å². The Kier molecular flexibility index (Phi) is 2.38. The predicted molar refractivity (Wildman–Crippen MR) is 45.5 cm³/mol. The lowest BCUT2D eigenvalue weighted by molar-refractivity contribution is 0.109. The summed E-state index contributed by atoms with van der Waals surface area (Å²) in [5, 5.41) is 7.49. The van der Waals surface area contributed by atoms with Crippen LogP contribution in [-0.2, 0) is 0 Å². The van der Waals surface area contributed by atoms with E-state index in [1.54, 1.807) is 0 Å². The SMILES string of the molecule is O=Cc1nnc(C2CCCCC2)o1. The number of carbonyl (C=O) groups is 1. The smallest absolute Gasteiger partial charge is 0.280 e. The van der Waals surface area contributed by atoms with Crippen molar-refractivity contribution in [3.63, 3.8) is 0 Å². The molecule has 1 saturated carbocycles. The lowest BCUT2D eigenvalue weighted by Crippen LogP contribution is -2.04. The zero-order valence-electron chi connectivity index (χ0n) is 7.40. The molecule has 0 unspecified atom stereocenters. The minimum atomic E-state index is 0.0978. The highest BCUT2D eigenvalue weighted by molar-refractivity contribution is 5.66. The summed E-state index contributed by atoms with van der Waals surface area (Å²) >= 11 is 0. The van der Waals surface area contributed by atoms with Gasteiger partial charge < -0.3 is 4.42 Å². The van der Waals surface area contributed by atoms with Crippen LogP contribution < -0.4 is 0 Å². The van der Waals surface area contributed by atoms with Gasteiger partial charge in [0.15, 0.2) is 0 Å². The maximum Gasteiger partial charge on any atom is 0.280 e. The summed E-state index contributed by atoms with van der Waals surface area (Å²) in [6.45, 7) is 0. The van der Waals surface area contributed by atoms with Gasteiger partial charge in [-0.15, -0.1) is 10.2 Å². The second-order valence-electron chi connectivity index (χ2n) is 3.43. The quantitative estimate of drug-likeness (QED) is 0.652. The number of aromatic nitrogens is 2. The summed E-state index contributed by atoms with van der Waals surface area (Å²) in [6, 6.07) is 0. The third-order valence-electron chi connectivity index (χ3n) is 2.51. The molecule has 1 aliphatic rings. The topological polar surface area (TPSA) is 56.0 Å². The van der Waals surface area contributed by atoms with E-state index in [0.29, 0.717) is 18.1 Å². The molecule has 0 N–H and O–H groups in total. The zero-order chi connectivity index (χ0) is 9.10. The van der Waals surface area contributed by atoms with Crippen LogP contribution in [0.1, 0.15) is 54.6 Å². The molecule has 13 heavy (non-hydrogen) atoms. The van der Waals surface area contributed by atoms with Crippen LogP contribution in [0.4, 0.5) is 0 Å². The van der Waals surface area contributed by atoms with Crippen molar-refractivity contribution in [2.75, 3.05) is 0 Å². The maximum atomic E-state index is 10.3. The molecule has 4 nitrogen and oxygen atoms in total. The maximum absolute atomic E-state index is 10.3. The van der Waals surface area contributed by atoms with Crippen LogP contribution in [0.15, 0.2) is 4.42 Å². The van der Waals surface area contributed by atoms with Crippen molar-refractivity contribution in [3.05, 3.63) is 11.8 Å². The van der Waals surface area contributed by atoms with E-state index in [-0.39, 0.29) is 5.89 Å². The lowest BCUT2D eigenvalue weighted by atomic mass is 9.89. The van der Waals surface area contributed by atoms with Crippen LogP contribution in [0.5, 0.6) is 0 Å². The summed E-state index contributed by atoms with van der Waals surface area (Å²) in [5.41, 5.74) is 0. The summed E-state index contributed by atoms with van der Waals surface area (Å²) in [6.07, 6.45) is 6.57. The van der Waals surface area contributed by atoms with Crippen molar-refractivity contribution in [3.8, 4) is 0 Å². The first-order chi connectivity index (χ1) is 6.40. The van der Waals surface area contributed by atoms with E-state index in [9.17, 15) is 4.79 Å². The Hall–Kier alpha value is -1.19. The molecule has 70 valence electrons. The highest BCUT2D eigenvalue weighted by Gasteiger charge is 2.20. The number of carbonyl (C=O) groups excluding carboxylic acids is 1. The highest BCUT2D eigenvalue weighted by atomic mass is 16.4. The van der Waals surface area contributed by atoms with Gasteiger partial charge in [0.2, 0.25) is 12.2 Å². The summed E-state index contributed by atoms with van der Waals surface area (Å²) in [5.74, 6) is 1.12. The van der Waals surface area contributed by atoms with Gasteiger partial charge in [-0.25, -0.2) is 0 Å². The van der Waals surface area contributed by atoms with Gasteiger partial charge in [0.05, 0.1) is 0 Å². The van der Waals surface area contributed by atoms with Crippen LogP contribution in [0.3, 0.4) is 0 Å². The van der Waals surface area contributed by atoms with Gasteiger partial charge in [-0.1, -0.05) is 19.3 Å². The first kappa shape index (κ1) is 8.41. The Morgan fingerprint density at radius 2 is 2.00 bits per heavy atom. The number of aldehydes is 1. The fourth-order valence-corrected chi connectivity index (χ4v) is 1.81. The monoisotopic (exact) mass is 180 g/mol. The van der Waals surface area contributed by atoms with Crippen molar-refractivity contribution in [1.82, 2.24) is 10.2 Å². The van der Waals surface area contributed by atoms with E-state index in [2.05, 4.69) is 10.2 Å². The van der Waals surface area contributed by atoms with Gasteiger partial charge in [0, 0.05) is 5.92 Å². The van der Waals surface area contributed by atoms with Crippen molar-refractivity contribution in [2.45, 2.75) is 38.0 Å². The molecule has 1 aliphatic carbocycles. The highest BCUT2D eigenvalue weighted by Crippen LogP contribution is 2.31. The van der Waals surface area contributed by atoms with Crippen LogP contribution >= 0.6 is 0 Å². The molecule has 0 aliphatic heterocycles. The molecule has 0 saturated heterocycles. The largest absolute Gasteiger partial charge is 0.418 e. The van der Waals surface area contributed by atoms with E-state index in [4.69, 9.17) is 4.42 Å². The standard InChI is InChI=1S/C9H12N2O2/c12-6-8-10-11-9(13-8)7-4-2-1-3-5-7/h6-7H,1-5H2. The second-order valence-corrected chi connectivity index (χ2v) is 3.43. The molecule has 0 amide bonds. The minimum Gasteiger partial charge on any atom is -0.418 e. The molecule has 0 bridgehead atoms. The minimum absolute atomic E-state index is 0.0978. The number of hydrogen-bond donors (Lipinski definition) is 0. The normalized spacial score (nSPS) is 18.8. The van der Waals surface area contributed by atoms with E-state index in [1.165, 1.54) is 19.3 Å². The van der Waals surface area contributed by atoms with Crippen molar-refractivity contribution in [2.24, 2.45) is 0 Å². The van der Waals surface area contributed by atoms with Crippen molar-refractivity contribution < 1.29 is 9.21 Å². The molecular formula is C9H12N2O2. The van der Waals surface area contributed by atoms with Crippen LogP contribution in [0.25, 0.3) is 0 Å². The average molecular weight is 180 g/mol. The molecule has 2 rings (SSSR count). The van der Waals surface area contributed by atoms with Crippen LogP contribution in [0, 0.1) is 0 Å². The summed E-state index contributed by atoms with van der Waals surface area (Å²) < 4.78 is 5.18. The number of rotatable bonds is 2. The number of nitrogens with zero attached hydrogens (tertiary/aromatic N) is 2. The Morgan fingerprint density at radius 1 is 1.23 bits per heavy atom. The summed E-state index contributed by atoms with van der Waals surface area (Å²) in [4.78, 5) is 10.3. The molecule has 0 spiro atoms. The third kappa shape index (κ3) is 1.76. The van der Waals surface area contributed by atoms with Gasteiger partial charge in [-0.2, -0.15) is 0 Å². The first-order valence-corrected chi connectivity index (χ1v) is 4.69. The molecule has 0 atom stereocenters. The second kappa shape index (κ2) is 3.68. The van der Waals surface area contributed by atoms with Crippen LogP contribution in [-0.4, -0.2) is 16.5 Å². The molecule has 0 radical (unpaired) electrons. The van der Waals surface area contributed by atoms with Gasteiger partial charge in [0.25, 0.3) is 5.89 Å². The van der Waals surface area contributed by atoms with E-state index in [1.807, 2.05) is 0 Å². The van der Waals surface area contributed by atoms with Crippen LogP contribution in [0.2, 0.25) is 0 Å². The fraction of sp³-hybridized carbons (Fsp3) is 0.667. The van der Waals surface area contributed by atoms with E-state index >= 15 is 0 Å². The number of hydrogen-bond acceptors (Lipinski definition) is 4. The predicted octanol–water partition coefficient (Wildman–Crippen LogP) is 1.93. The molecule has 1 aromatic rings. The molecule has 1 heterocycles. The van der Waals surface area contributed by atoms with Crippen molar-refractivity contribution in [1.29, 1.82) is 0 Å². The Morgan fingerprint density at radius 3 is 2.62 bits per heavy atom. The van der Waals surface area contributed by atoms with Crippen molar-refractivity contribution >= 4 is 6.29 Å². The first-order valence-electron chi connectivity index (χ1n) is 4.69. The molecular weight excluding hydrogens is 168 g/mol. The van der Waals surface area contributed by atoms with Gasteiger partial charge >= 0.3 is 0 Å². The molecule has 1 aromatic heterocycles. The zero-order valence-corrected chi connectivity index (χ0v) is 7.40. The van der Waals surface area contributed by atoms with E-state index < -0.39 is 0 Å². The molecule has 0 aromatic carbocycles. The Bertz CT molecular complexity index is 290. The lowest BCUT2D eigenvalue weighted by Gasteiger charge is -2.17. The molecule has 1 fully saturated rings. The Labute approximate surface area is 76.3 Å². The van der Waals surface area contributed by atoms with Gasteiger partial charge in [-0.05, 0) is 12.8 Å².